The highest BCUT2D eigenvalue weighted by atomic mass is 32.1. The van der Waals surface area contributed by atoms with E-state index in [1.54, 1.807) is 20.3 Å². The summed E-state index contributed by atoms with van der Waals surface area (Å²) in [7, 11) is 1.63. The number of ether oxygens (including phenoxy) is 1. The molecule has 0 aliphatic carbocycles. The molecule has 1 heterocycles. The molecule has 0 saturated carbocycles. The maximum atomic E-state index is 5.41. The Morgan fingerprint density at radius 1 is 1.47 bits per heavy atom. The minimum atomic E-state index is 0.383. The summed E-state index contributed by atoms with van der Waals surface area (Å²) in [6.45, 7) is 2.14. The monoisotopic (exact) mass is 251 g/mol. The average Bonchev–Trinajstić information content (AvgIpc) is 2.71. The van der Waals surface area contributed by atoms with Crippen LogP contribution in [0.5, 0.6) is 5.75 Å². The van der Waals surface area contributed by atoms with Crippen molar-refractivity contribution in [1.82, 2.24) is 5.48 Å². The predicted octanol–water partition coefficient (Wildman–Crippen LogP) is 2.81. The SMILES string of the molecule is COc1ccc2occ(CONC(C)=S)c2c1. The van der Waals surface area contributed by atoms with Gasteiger partial charge in [0, 0.05) is 10.9 Å². The minimum absolute atomic E-state index is 0.383. The highest BCUT2D eigenvalue weighted by Crippen LogP contribution is 2.25. The van der Waals surface area contributed by atoms with Crippen molar-refractivity contribution in [3.05, 3.63) is 30.0 Å². The molecule has 1 N–H and O–H groups in total. The average molecular weight is 251 g/mol. The van der Waals surface area contributed by atoms with Gasteiger partial charge in [-0.05, 0) is 25.1 Å². The van der Waals surface area contributed by atoms with Crippen molar-refractivity contribution in [2.45, 2.75) is 13.5 Å². The molecule has 1 aromatic carbocycles. The minimum Gasteiger partial charge on any atom is -0.497 e. The number of thiocarbonyl (C=S) groups is 1. The standard InChI is InChI=1S/C12H13NO3S/c1-8(17)13-16-7-9-6-15-12-4-3-10(14-2)5-11(9)12/h3-6H,7H2,1-2H3,(H,13,17). The van der Waals surface area contributed by atoms with E-state index in [9.17, 15) is 0 Å². The maximum Gasteiger partial charge on any atom is 0.134 e. The van der Waals surface area contributed by atoms with Gasteiger partial charge in [0.1, 0.15) is 17.9 Å². The number of furan rings is 1. The van der Waals surface area contributed by atoms with Gasteiger partial charge in [0.25, 0.3) is 0 Å². The Hall–Kier alpha value is -1.59. The number of hydroxylamine groups is 1. The number of rotatable bonds is 4. The Kier molecular flexibility index (Phi) is 3.61. The molecule has 0 unspecified atom stereocenters. The van der Waals surface area contributed by atoms with Gasteiger partial charge in [0.15, 0.2) is 0 Å². The van der Waals surface area contributed by atoms with Crippen LogP contribution in [0.1, 0.15) is 12.5 Å². The summed E-state index contributed by atoms with van der Waals surface area (Å²) in [5.74, 6) is 0.791. The van der Waals surface area contributed by atoms with Crippen LogP contribution in [0.2, 0.25) is 0 Å². The fourth-order valence-corrected chi connectivity index (χ4v) is 1.57. The molecule has 2 aromatic rings. The number of hydrogen-bond donors (Lipinski definition) is 1. The van der Waals surface area contributed by atoms with Gasteiger partial charge in [-0.2, -0.15) is 0 Å². The number of methoxy groups -OCH3 is 1. The van der Waals surface area contributed by atoms with Gasteiger partial charge < -0.3 is 9.15 Å². The summed E-state index contributed by atoms with van der Waals surface area (Å²) in [5.41, 5.74) is 4.39. The fourth-order valence-electron chi connectivity index (χ4n) is 1.52. The molecule has 0 radical (unpaired) electrons. The van der Waals surface area contributed by atoms with Crippen LogP contribution < -0.4 is 10.2 Å². The molecule has 90 valence electrons. The maximum absolute atomic E-state index is 5.41. The molecule has 0 saturated heterocycles. The lowest BCUT2D eigenvalue weighted by Crippen LogP contribution is -2.17. The molecule has 0 atom stereocenters. The van der Waals surface area contributed by atoms with Gasteiger partial charge in [-0.25, -0.2) is 0 Å². The third kappa shape index (κ3) is 2.75. The third-order valence-corrected chi connectivity index (χ3v) is 2.39. The molecular weight excluding hydrogens is 238 g/mol. The molecule has 5 heteroatoms. The summed E-state index contributed by atoms with van der Waals surface area (Å²) in [6.07, 6.45) is 1.67. The van der Waals surface area contributed by atoms with Crippen molar-refractivity contribution in [1.29, 1.82) is 0 Å². The van der Waals surface area contributed by atoms with Gasteiger partial charge in [-0.1, -0.05) is 12.2 Å². The first kappa shape index (κ1) is 11.9. The Bertz CT molecular complexity index is 536. The van der Waals surface area contributed by atoms with E-state index in [-0.39, 0.29) is 0 Å². The molecule has 0 aliphatic heterocycles. The van der Waals surface area contributed by atoms with Crippen molar-refractivity contribution in [3.63, 3.8) is 0 Å². The van der Waals surface area contributed by atoms with Crippen LogP contribution in [-0.2, 0) is 11.4 Å². The summed E-state index contributed by atoms with van der Waals surface area (Å²) in [4.78, 5) is 5.82. The molecular formula is C12H13NO3S. The van der Waals surface area contributed by atoms with Crippen LogP contribution in [0.25, 0.3) is 11.0 Å². The Morgan fingerprint density at radius 2 is 2.29 bits per heavy atom. The first-order valence-electron chi connectivity index (χ1n) is 5.13. The van der Waals surface area contributed by atoms with Crippen molar-refractivity contribution >= 4 is 28.2 Å². The quantitative estimate of drug-likeness (QED) is 0.668. The Balaban J connectivity index is 2.19. The summed E-state index contributed by atoms with van der Waals surface area (Å²) < 4.78 is 10.6. The van der Waals surface area contributed by atoms with Crippen molar-refractivity contribution in [2.75, 3.05) is 7.11 Å². The van der Waals surface area contributed by atoms with E-state index >= 15 is 0 Å². The van der Waals surface area contributed by atoms with E-state index in [0.717, 1.165) is 22.3 Å². The van der Waals surface area contributed by atoms with Gasteiger partial charge >= 0.3 is 0 Å². The second kappa shape index (κ2) is 5.16. The van der Waals surface area contributed by atoms with Crippen LogP contribution in [0.15, 0.2) is 28.9 Å². The lowest BCUT2D eigenvalue weighted by Gasteiger charge is -2.03. The van der Waals surface area contributed by atoms with Crippen LogP contribution in [0.3, 0.4) is 0 Å². The number of nitrogens with one attached hydrogen (secondary N) is 1. The molecule has 0 bridgehead atoms. The smallest absolute Gasteiger partial charge is 0.134 e. The van der Waals surface area contributed by atoms with Gasteiger partial charge in [0.2, 0.25) is 0 Å². The summed E-state index contributed by atoms with van der Waals surface area (Å²) >= 11 is 4.85. The molecule has 0 fully saturated rings. The molecule has 2 rings (SSSR count). The molecule has 17 heavy (non-hydrogen) atoms. The molecule has 4 nitrogen and oxygen atoms in total. The zero-order valence-corrected chi connectivity index (χ0v) is 10.5. The van der Waals surface area contributed by atoms with Crippen molar-refractivity contribution in [3.8, 4) is 5.75 Å². The van der Waals surface area contributed by atoms with Crippen LogP contribution in [0, 0.1) is 0 Å². The zero-order valence-electron chi connectivity index (χ0n) is 9.65. The first-order valence-corrected chi connectivity index (χ1v) is 5.54. The normalized spacial score (nSPS) is 10.5. The van der Waals surface area contributed by atoms with Crippen LogP contribution >= 0.6 is 12.2 Å². The molecule has 0 spiro atoms. The van der Waals surface area contributed by atoms with Gasteiger partial charge in [-0.3, -0.25) is 10.3 Å². The van der Waals surface area contributed by atoms with Gasteiger partial charge in [-0.15, -0.1) is 0 Å². The first-order chi connectivity index (χ1) is 8.20. The highest BCUT2D eigenvalue weighted by Gasteiger charge is 2.07. The molecule has 1 aromatic heterocycles. The summed E-state index contributed by atoms with van der Waals surface area (Å²) in [5, 5.41) is 0.980. The van der Waals surface area contributed by atoms with E-state index in [0.29, 0.717) is 11.6 Å². The van der Waals surface area contributed by atoms with Crippen molar-refractivity contribution in [2.24, 2.45) is 0 Å². The highest BCUT2D eigenvalue weighted by molar-refractivity contribution is 7.80. The van der Waals surface area contributed by atoms with Crippen LogP contribution in [0.4, 0.5) is 0 Å². The number of fused-ring (bicyclic) bond motifs is 1. The lowest BCUT2D eigenvalue weighted by atomic mass is 10.2. The van der Waals surface area contributed by atoms with Crippen molar-refractivity contribution < 1.29 is 14.0 Å². The van der Waals surface area contributed by atoms with E-state index in [4.69, 9.17) is 26.2 Å². The lowest BCUT2D eigenvalue weighted by molar-refractivity contribution is 0.0728. The third-order valence-electron chi connectivity index (χ3n) is 2.30. The Morgan fingerprint density at radius 3 is 3.00 bits per heavy atom. The van der Waals surface area contributed by atoms with Crippen LogP contribution in [-0.4, -0.2) is 12.1 Å². The molecule has 0 aliphatic rings. The fraction of sp³-hybridized carbons (Fsp3) is 0.250. The topological polar surface area (TPSA) is 43.6 Å². The second-order valence-corrected chi connectivity index (χ2v) is 4.18. The number of hydrogen-bond acceptors (Lipinski definition) is 4. The van der Waals surface area contributed by atoms with E-state index in [1.807, 2.05) is 18.2 Å². The van der Waals surface area contributed by atoms with E-state index in [2.05, 4.69) is 5.48 Å². The summed E-state index contributed by atoms with van der Waals surface area (Å²) in [6, 6.07) is 5.65. The number of benzene rings is 1. The largest absolute Gasteiger partial charge is 0.497 e. The van der Waals surface area contributed by atoms with E-state index in [1.165, 1.54) is 0 Å². The van der Waals surface area contributed by atoms with Gasteiger partial charge in [0.05, 0.1) is 18.4 Å². The Labute approximate surface area is 104 Å². The zero-order chi connectivity index (χ0) is 12.3. The second-order valence-electron chi connectivity index (χ2n) is 3.57. The van der Waals surface area contributed by atoms with E-state index < -0.39 is 0 Å². The molecule has 0 amide bonds. The predicted molar refractivity (Wildman–Crippen MR) is 69.0 cm³/mol.